The maximum atomic E-state index is 13.9. The summed E-state index contributed by atoms with van der Waals surface area (Å²) >= 11 is 6.33. The Labute approximate surface area is 228 Å². The average molecular weight is 541 g/mol. The highest BCUT2D eigenvalue weighted by atomic mass is 35.5. The van der Waals surface area contributed by atoms with Crippen LogP contribution in [0.3, 0.4) is 0 Å². The third-order valence-corrected chi connectivity index (χ3v) is 7.37. The van der Waals surface area contributed by atoms with Crippen LogP contribution < -0.4 is 11.2 Å². The first-order valence-electron chi connectivity index (χ1n) is 12.6. The summed E-state index contributed by atoms with van der Waals surface area (Å²) in [5.74, 6) is 0.0338. The first-order chi connectivity index (χ1) is 18.7. The number of pyridine rings is 1. The van der Waals surface area contributed by atoms with Crippen LogP contribution in [0.25, 0.3) is 33.3 Å². The molecule has 1 amide bonds. The third kappa shape index (κ3) is 4.34. The van der Waals surface area contributed by atoms with Crippen LogP contribution in [0.4, 0.5) is 0 Å². The Hall–Kier alpha value is -4.49. The molecule has 0 atom stereocenters. The first kappa shape index (κ1) is 24.8. The van der Waals surface area contributed by atoms with Crippen molar-refractivity contribution in [3.8, 4) is 17.5 Å². The second kappa shape index (κ2) is 9.36. The summed E-state index contributed by atoms with van der Waals surface area (Å²) in [5.41, 5.74) is 3.86. The number of halogens is 1. The molecule has 0 bridgehead atoms. The van der Waals surface area contributed by atoms with E-state index in [0.717, 1.165) is 29.3 Å². The van der Waals surface area contributed by atoms with Crippen molar-refractivity contribution in [2.75, 3.05) is 0 Å². The molecule has 1 fully saturated rings. The molecule has 0 radical (unpaired) electrons. The Morgan fingerprint density at radius 3 is 2.72 bits per heavy atom. The number of amides is 1. The van der Waals surface area contributed by atoms with Crippen molar-refractivity contribution in [3.05, 3.63) is 74.8 Å². The Bertz CT molecular complexity index is 1980. The second-order valence-electron chi connectivity index (χ2n) is 10.0. The standard InChI is InChI=1S/C28H25ClN8O2/c1-16(38)32-28-35(3)27(39)24-25(23-10-18(12-30)13-34(23)2)37(33-26(24)36(28)14-17-4-5-17)15-19-8-9-31-22-7-6-20(29)11-21(19)22/h6-11,13,17H,4-5,14-15H2,1-3H3. The van der Waals surface area contributed by atoms with E-state index in [1.807, 2.05) is 34.4 Å². The van der Waals surface area contributed by atoms with Gasteiger partial charge in [0.25, 0.3) is 5.56 Å². The Balaban J connectivity index is 1.70. The molecule has 0 unspecified atom stereocenters. The molecule has 0 N–H and O–H groups in total. The van der Waals surface area contributed by atoms with Crippen molar-refractivity contribution in [1.82, 2.24) is 28.5 Å². The maximum absolute atomic E-state index is 13.9. The van der Waals surface area contributed by atoms with Crippen LogP contribution in [0.1, 0.15) is 30.9 Å². The molecule has 0 aliphatic heterocycles. The predicted molar refractivity (Wildman–Crippen MR) is 147 cm³/mol. The van der Waals surface area contributed by atoms with E-state index in [4.69, 9.17) is 16.7 Å². The summed E-state index contributed by atoms with van der Waals surface area (Å²) in [5, 5.41) is 16.4. The number of nitriles is 1. The minimum absolute atomic E-state index is 0.272. The second-order valence-corrected chi connectivity index (χ2v) is 10.5. The molecule has 196 valence electrons. The number of carbonyl (C=O) groups is 1. The summed E-state index contributed by atoms with van der Waals surface area (Å²) < 4.78 is 6.91. The van der Waals surface area contributed by atoms with Gasteiger partial charge in [0.2, 0.25) is 11.5 Å². The Morgan fingerprint density at radius 1 is 1.23 bits per heavy atom. The minimum atomic E-state index is -0.394. The Kier molecular flexibility index (Phi) is 5.96. The third-order valence-electron chi connectivity index (χ3n) is 7.14. The lowest BCUT2D eigenvalue weighted by atomic mass is 10.1. The zero-order chi connectivity index (χ0) is 27.4. The largest absolute Gasteiger partial charge is 0.348 e. The summed E-state index contributed by atoms with van der Waals surface area (Å²) in [4.78, 5) is 34.6. The van der Waals surface area contributed by atoms with Crippen molar-refractivity contribution >= 4 is 39.4 Å². The zero-order valence-electron chi connectivity index (χ0n) is 21.7. The van der Waals surface area contributed by atoms with Crippen LogP contribution in [-0.4, -0.2) is 34.4 Å². The van der Waals surface area contributed by atoms with Crippen molar-refractivity contribution in [2.45, 2.75) is 32.9 Å². The molecule has 6 rings (SSSR count). The van der Waals surface area contributed by atoms with Gasteiger partial charge in [0.1, 0.15) is 17.1 Å². The number of aromatic nitrogens is 6. The SMILES string of the molecule is CC(=O)N=c1n(C)c(=O)c2c(-c3cc(C#N)cn3C)n(Cc3ccnc4ccc(Cl)cc34)nc2n1CC1CC1. The van der Waals surface area contributed by atoms with E-state index < -0.39 is 5.91 Å². The molecule has 0 spiro atoms. The number of aryl methyl sites for hydroxylation is 1. The molecular weight excluding hydrogens is 516 g/mol. The van der Waals surface area contributed by atoms with Crippen molar-refractivity contribution in [1.29, 1.82) is 5.26 Å². The number of carbonyl (C=O) groups excluding carboxylic acids is 1. The number of hydrogen-bond donors (Lipinski definition) is 0. The minimum Gasteiger partial charge on any atom is -0.348 e. The van der Waals surface area contributed by atoms with Crippen LogP contribution in [0.15, 0.2) is 52.5 Å². The van der Waals surface area contributed by atoms with E-state index in [0.29, 0.717) is 52.0 Å². The van der Waals surface area contributed by atoms with Crippen molar-refractivity contribution < 1.29 is 4.79 Å². The highest BCUT2D eigenvalue weighted by Crippen LogP contribution is 2.33. The van der Waals surface area contributed by atoms with Gasteiger partial charge in [-0.25, -0.2) is 0 Å². The fourth-order valence-electron chi connectivity index (χ4n) is 5.08. The molecule has 5 aromatic rings. The fourth-order valence-corrected chi connectivity index (χ4v) is 5.25. The molecule has 4 heterocycles. The van der Waals surface area contributed by atoms with Crippen molar-refractivity contribution in [3.63, 3.8) is 0 Å². The van der Waals surface area contributed by atoms with Crippen molar-refractivity contribution in [2.24, 2.45) is 25.0 Å². The van der Waals surface area contributed by atoms with Crippen LogP contribution in [0, 0.1) is 17.2 Å². The number of fused-ring (bicyclic) bond motifs is 2. The van der Waals surface area contributed by atoms with Gasteiger partial charge < -0.3 is 4.57 Å². The lowest BCUT2D eigenvalue weighted by Gasteiger charge is -2.12. The van der Waals surface area contributed by atoms with Crippen LogP contribution in [-0.2, 0) is 32.0 Å². The molecule has 11 heteroatoms. The van der Waals surface area contributed by atoms with Gasteiger partial charge in [-0.1, -0.05) is 11.6 Å². The van der Waals surface area contributed by atoms with Gasteiger partial charge in [0.15, 0.2) is 5.65 Å². The highest BCUT2D eigenvalue weighted by Gasteiger charge is 2.28. The summed E-state index contributed by atoms with van der Waals surface area (Å²) in [6.07, 6.45) is 5.60. The van der Waals surface area contributed by atoms with Crippen LogP contribution in [0.5, 0.6) is 0 Å². The van der Waals surface area contributed by atoms with Gasteiger partial charge in [-0.15, -0.1) is 0 Å². The average Bonchev–Trinajstić information content (AvgIpc) is 3.54. The Morgan fingerprint density at radius 2 is 2.03 bits per heavy atom. The molecular formula is C28H25ClN8O2. The van der Waals surface area contributed by atoms with E-state index in [-0.39, 0.29) is 11.2 Å². The van der Waals surface area contributed by atoms with Gasteiger partial charge in [-0.2, -0.15) is 15.4 Å². The van der Waals surface area contributed by atoms with Gasteiger partial charge in [0.05, 0.1) is 23.3 Å². The molecule has 1 saturated carbocycles. The summed E-state index contributed by atoms with van der Waals surface area (Å²) in [6.45, 7) is 2.28. The molecule has 1 aliphatic carbocycles. The topological polar surface area (TPSA) is 116 Å². The molecule has 1 aliphatic rings. The molecule has 0 saturated heterocycles. The van der Waals surface area contributed by atoms with Gasteiger partial charge >= 0.3 is 0 Å². The monoisotopic (exact) mass is 540 g/mol. The predicted octanol–water partition coefficient (Wildman–Crippen LogP) is 3.52. The summed E-state index contributed by atoms with van der Waals surface area (Å²) in [7, 11) is 3.46. The highest BCUT2D eigenvalue weighted by molar-refractivity contribution is 6.31. The number of benzene rings is 1. The van der Waals surface area contributed by atoms with E-state index >= 15 is 0 Å². The lowest BCUT2D eigenvalue weighted by molar-refractivity contribution is -0.116. The smallest absolute Gasteiger partial charge is 0.266 e. The number of hydrogen-bond acceptors (Lipinski definition) is 5. The fraction of sp³-hybridized carbons (Fsp3) is 0.286. The molecule has 4 aromatic heterocycles. The maximum Gasteiger partial charge on any atom is 0.266 e. The number of rotatable bonds is 5. The molecule has 39 heavy (non-hydrogen) atoms. The number of nitrogens with zero attached hydrogens (tertiary/aromatic N) is 8. The van der Waals surface area contributed by atoms with Crippen LogP contribution in [0.2, 0.25) is 5.02 Å². The first-order valence-corrected chi connectivity index (χ1v) is 13.0. The normalized spacial score (nSPS) is 13.9. The van der Waals surface area contributed by atoms with Crippen LogP contribution >= 0.6 is 11.6 Å². The summed E-state index contributed by atoms with van der Waals surface area (Å²) in [6, 6.07) is 11.4. The van der Waals surface area contributed by atoms with E-state index in [2.05, 4.69) is 16.0 Å². The van der Waals surface area contributed by atoms with E-state index in [1.54, 1.807) is 36.3 Å². The zero-order valence-corrected chi connectivity index (χ0v) is 22.5. The molecule has 10 nitrogen and oxygen atoms in total. The van der Waals surface area contributed by atoms with E-state index in [9.17, 15) is 14.9 Å². The van der Waals surface area contributed by atoms with Gasteiger partial charge in [-0.3, -0.25) is 28.4 Å². The lowest BCUT2D eigenvalue weighted by Crippen LogP contribution is -2.40. The molecule has 1 aromatic carbocycles. The van der Waals surface area contributed by atoms with E-state index in [1.165, 1.54) is 11.5 Å². The van der Waals surface area contributed by atoms with Gasteiger partial charge in [-0.05, 0) is 54.7 Å². The van der Waals surface area contributed by atoms with Gasteiger partial charge in [0, 0.05) is 50.4 Å². The quantitative estimate of drug-likeness (QED) is 0.338.